The second kappa shape index (κ2) is 4.42. The van der Waals surface area contributed by atoms with Gasteiger partial charge in [-0.25, -0.2) is 0 Å². The molecule has 4 aliphatic carbocycles. The Morgan fingerprint density at radius 2 is 0.958 bits per heavy atom. The summed E-state index contributed by atoms with van der Waals surface area (Å²) in [4.78, 5) is 0. The highest BCUT2D eigenvalue weighted by Crippen LogP contribution is 2.54. The molecule has 0 nitrogen and oxygen atoms in total. The van der Waals surface area contributed by atoms with Crippen molar-refractivity contribution in [3.63, 3.8) is 0 Å². The molecule has 4 aliphatic rings. The van der Waals surface area contributed by atoms with E-state index in [0.29, 0.717) is 10.8 Å². The van der Waals surface area contributed by atoms with Crippen LogP contribution in [0.5, 0.6) is 0 Å². The highest BCUT2D eigenvalue weighted by atomic mass is 14.4. The number of allylic oxidation sites excluding steroid dienone is 2. The van der Waals surface area contributed by atoms with E-state index < -0.39 is 0 Å². The molecule has 0 heterocycles. The second-order valence-electron chi connectivity index (χ2n) is 8.55. The van der Waals surface area contributed by atoms with Crippen molar-refractivity contribution in [3.8, 4) is 0 Å². The molecule has 0 atom stereocenters. The Morgan fingerprint density at radius 3 is 1.38 bits per heavy atom. The van der Waals surface area contributed by atoms with E-state index in [4.69, 9.17) is 0 Å². The van der Waals surface area contributed by atoms with Crippen molar-refractivity contribution in [2.45, 2.75) is 62.2 Å². The first-order chi connectivity index (χ1) is 11.8. The molecule has 2 aromatic carbocycles. The van der Waals surface area contributed by atoms with Crippen molar-refractivity contribution in [1.82, 2.24) is 0 Å². The highest BCUT2D eigenvalue weighted by Gasteiger charge is 2.41. The van der Waals surface area contributed by atoms with E-state index in [-0.39, 0.29) is 0 Å². The number of hydrogen-bond donors (Lipinski definition) is 0. The lowest BCUT2D eigenvalue weighted by Gasteiger charge is -2.37. The lowest BCUT2D eigenvalue weighted by atomic mass is 9.67. The van der Waals surface area contributed by atoms with Gasteiger partial charge in [-0.1, -0.05) is 74.3 Å². The maximum atomic E-state index is 2.53. The molecular formula is C24H24. The molecule has 120 valence electrons. The Bertz CT molecular complexity index is 836. The van der Waals surface area contributed by atoms with Crippen LogP contribution in [-0.2, 0) is 10.8 Å². The summed E-state index contributed by atoms with van der Waals surface area (Å²) in [5.41, 5.74) is 6.81. The molecule has 0 amide bonds. The first kappa shape index (κ1) is 13.5. The molecule has 6 rings (SSSR count). The smallest absolute Gasteiger partial charge is 0.0141 e. The largest absolute Gasteiger partial charge is 0.0733 e. The van der Waals surface area contributed by atoms with E-state index >= 15 is 0 Å². The molecule has 2 aromatic rings. The van der Waals surface area contributed by atoms with E-state index in [9.17, 15) is 0 Å². The third-order valence-corrected chi connectivity index (χ3v) is 7.45. The first-order valence-corrected chi connectivity index (χ1v) is 9.81. The number of fused-ring (bicyclic) bond motifs is 2. The van der Waals surface area contributed by atoms with Gasteiger partial charge in [-0.2, -0.15) is 0 Å². The van der Waals surface area contributed by atoms with Crippen LogP contribution in [0.25, 0.3) is 22.9 Å². The topological polar surface area (TPSA) is 0 Å². The molecule has 0 N–H and O–H groups in total. The summed E-state index contributed by atoms with van der Waals surface area (Å²) in [6.45, 7) is 0. The summed E-state index contributed by atoms with van der Waals surface area (Å²) in [7, 11) is 0. The third-order valence-electron chi connectivity index (χ3n) is 7.45. The molecule has 0 saturated heterocycles. The van der Waals surface area contributed by atoms with Crippen LogP contribution in [-0.4, -0.2) is 0 Å². The van der Waals surface area contributed by atoms with Crippen molar-refractivity contribution < 1.29 is 0 Å². The summed E-state index contributed by atoms with van der Waals surface area (Å²) in [6, 6.07) is 9.72. The van der Waals surface area contributed by atoms with E-state index in [0.717, 1.165) is 0 Å². The van der Waals surface area contributed by atoms with Gasteiger partial charge in [0.2, 0.25) is 0 Å². The molecule has 2 saturated carbocycles. The summed E-state index contributed by atoms with van der Waals surface area (Å²) in [6.07, 6.45) is 20.8. The van der Waals surface area contributed by atoms with Crippen LogP contribution in [0.15, 0.2) is 36.4 Å². The van der Waals surface area contributed by atoms with Crippen LogP contribution in [0.4, 0.5) is 0 Å². The van der Waals surface area contributed by atoms with Crippen LogP contribution in [0.3, 0.4) is 0 Å². The fraction of sp³-hybridized carbons (Fsp3) is 0.417. The van der Waals surface area contributed by atoms with Gasteiger partial charge in [0.1, 0.15) is 0 Å². The van der Waals surface area contributed by atoms with Crippen LogP contribution in [0, 0.1) is 0 Å². The van der Waals surface area contributed by atoms with Gasteiger partial charge in [0.15, 0.2) is 0 Å². The number of rotatable bonds is 0. The van der Waals surface area contributed by atoms with Gasteiger partial charge in [-0.15, -0.1) is 0 Å². The fourth-order valence-corrected chi connectivity index (χ4v) is 6.22. The minimum Gasteiger partial charge on any atom is -0.0733 e. The average Bonchev–Trinajstić information content (AvgIpc) is 3.28. The van der Waals surface area contributed by atoms with E-state index in [2.05, 4.69) is 48.6 Å². The molecule has 0 unspecified atom stereocenters. The Balaban J connectivity index is 1.73. The maximum absolute atomic E-state index is 2.53. The quantitative estimate of drug-likeness (QED) is 0.519. The van der Waals surface area contributed by atoms with Crippen LogP contribution in [0.1, 0.15) is 73.6 Å². The van der Waals surface area contributed by atoms with Crippen molar-refractivity contribution in [2.75, 3.05) is 0 Å². The summed E-state index contributed by atoms with van der Waals surface area (Å²) < 4.78 is 0. The standard InChI is InChI=1S/C24H24/c1-2-12-23(11-1)15-9-17-5-6-18-10-16-24(13-3-4-14-24)20-8-7-19(23)21(17)22(18)20/h5-10,15-16H,1-4,11-14H2. The minimum atomic E-state index is 0.328. The Hall–Kier alpha value is -1.82. The van der Waals surface area contributed by atoms with Gasteiger partial charge in [-0.05, 0) is 58.7 Å². The summed E-state index contributed by atoms with van der Waals surface area (Å²) in [5.74, 6) is 0. The summed E-state index contributed by atoms with van der Waals surface area (Å²) in [5, 5.41) is 3.18. The average molecular weight is 312 g/mol. The third kappa shape index (κ3) is 1.51. The minimum absolute atomic E-state index is 0.328. The zero-order valence-electron chi connectivity index (χ0n) is 14.3. The lowest BCUT2D eigenvalue weighted by Crippen LogP contribution is -2.25. The van der Waals surface area contributed by atoms with E-state index in [1.807, 2.05) is 0 Å². The Morgan fingerprint density at radius 1 is 0.542 bits per heavy atom. The molecule has 2 spiro atoms. The normalized spacial score (nSPS) is 24.5. The van der Waals surface area contributed by atoms with Crippen LogP contribution < -0.4 is 0 Å². The van der Waals surface area contributed by atoms with Gasteiger partial charge < -0.3 is 0 Å². The molecule has 0 bridgehead atoms. The fourth-order valence-electron chi connectivity index (χ4n) is 6.22. The molecule has 24 heavy (non-hydrogen) atoms. The molecule has 2 fully saturated rings. The van der Waals surface area contributed by atoms with E-state index in [1.165, 1.54) is 62.5 Å². The monoisotopic (exact) mass is 312 g/mol. The zero-order chi connectivity index (χ0) is 15.8. The predicted octanol–water partition coefficient (Wildman–Crippen LogP) is 6.52. The van der Waals surface area contributed by atoms with Gasteiger partial charge >= 0.3 is 0 Å². The van der Waals surface area contributed by atoms with Crippen molar-refractivity contribution in [1.29, 1.82) is 0 Å². The van der Waals surface area contributed by atoms with Crippen LogP contribution in [0.2, 0.25) is 0 Å². The van der Waals surface area contributed by atoms with Crippen molar-refractivity contribution in [3.05, 3.63) is 58.7 Å². The highest BCUT2D eigenvalue weighted by molar-refractivity contribution is 6.04. The van der Waals surface area contributed by atoms with E-state index in [1.54, 1.807) is 21.9 Å². The molecule has 0 aromatic heterocycles. The first-order valence-electron chi connectivity index (χ1n) is 9.81. The zero-order valence-corrected chi connectivity index (χ0v) is 14.3. The molecule has 0 heteroatoms. The number of hydrogen-bond acceptors (Lipinski definition) is 0. The maximum Gasteiger partial charge on any atom is 0.0141 e. The van der Waals surface area contributed by atoms with Crippen molar-refractivity contribution in [2.24, 2.45) is 0 Å². The van der Waals surface area contributed by atoms with Crippen LogP contribution >= 0.6 is 0 Å². The predicted molar refractivity (Wildman–Crippen MR) is 102 cm³/mol. The molecule has 0 radical (unpaired) electrons. The lowest BCUT2D eigenvalue weighted by molar-refractivity contribution is 0.553. The summed E-state index contributed by atoms with van der Waals surface area (Å²) >= 11 is 0. The van der Waals surface area contributed by atoms with Crippen molar-refractivity contribution >= 4 is 22.9 Å². The molecule has 0 aliphatic heterocycles. The Labute approximate surface area is 144 Å². The van der Waals surface area contributed by atoms with Gasteiger partial charge in [0, 0.05) is 10.8 Å². The molecular weight excluding hydrogens is 288 g/mol. The number of benzene rings is 2. The van der Waals surface area contributed by atoms with Gasteiger partial charge in [0.05, 0.1) is 0 Å². The second-order valence-corrected chi connectivity index (χ2v) is 8.55. The van der Waals surface area contributed by atoms with Gasteiger partial charge in [0.25, 0.3) is 0 Å². The van der Waals surface area contributed by atoms with Gasteiger partial charge in [-0.3, -0.25) is 0 Å². The Kier molecular flexibility index (Phi) is 2.48. The SMILES string of the molecule is C1=CC2(CCCC2)c2ccc3c4c(ccc1c24)C=CC31CCCC1.